The molecule has 3 nitrogen and oxygen atoms in total. The van der Waals surface area contributed by atoms with Crippen molar-refractivity contribution in [3.63, 3.8) is 0 Å². The lowest BCUT2D eigenvalue weighted by Gasteiger charge is -2.22. The van der Waals surface area contributed by atoms with E-state index < -0.39 is 0 Å². The van der Waals surface area contributed by atoms with E-state index in [4.69, 9.17) is 11.6 Å². The Kier molecular flexibility index (Phi) is 4.74. The second kappa shape index (κ2) is 6.77. The number of aliphatic imine (C=N–C) groups is 1. The van der Waals surface area contributed by atoms with E-state index in [-0.39, 0.29) is 11.9 Å². The summed E-state index contributed by atoms with van der Waals surface area (Å²) in [6.07, 6.45) is 0. The Labute approximate surface area is 145 Å². The number of carbonyl (C=O) groups excluding carboxylic acids is 1. The van der Waals surface area contributed by atoms with Crippen LogP contribution in [0.15, 0.2) is 53.5 Å². The van der Waals surface area contributed by atoms with Crippen LogP contribution >= 0.6 is 23.4 Å². The number of hydrogen-bond donors (Lipinski definition) is 0. The van der Waals surface area contributed by atoms with Crippen LogP contribution in [0.5, 0.6) is 0 Å². The molecular formula is C18H17ClN2OS. The number of amides is 1. The molecule has 0 aromatic heterocycles. The number of anilines is 1. The SMILES string of the molecule is Cc1ccc(C(=O)N(C2=NC(C)CS2)c2ccc(Cl)cc2)cc1. The van der Waals surface area contributed by atoms with Gasteiger partial charge in [-0.3, -0.25) is 14.7 Å². The van der Waals surface area contributed by atoms with E-state index in [1.807, 2.05) is 43.3 Å². The van der Waals surface area contributed by atoms with Crippen molar-refractivity contribution in [2.45, 2.75) is 19.9 Å². The smallest absolute Gasteiger partial charge is 0.264 e. The fourth-order valence-corrected chi connectivity index (χ4v) is 3.47. The lowest BCUT2D eigenvalue weighted by atomic mass is 10.1. The molecule has 2 aromatic carbocycles. The zero-order chi connectivity index (χ0) is 16.4. The molecule has 1 amide bonds. The van der Waals surface area contributed by atoms with Crippen molar-refractivity contribution in [3.8, 4) is 0 Å². The molecule has 118 valence electrons. The number of rotatable bonds is 2. The van der Waals surface area contributed by atoms with Crippen molar-refractivity contribution in [2.24, 2.45) is 4.99 Å². The summed E-state index contributed by atoms with van der Waals surface area (Å²) < 4.78 is 0. The summed E-state index contributed by atoms with van der Waals surface area (Å²) >= 11 is 7.58. The maximum absolute atomic E-state index is 13.0. The third-order valence-corrected chi connectivity index (χ3v) is 5.01. The predicted molar refractivity (Wildman–Crippen MR) is 98.8 cm³/mol. The minimum atomic E-state index is -0.0762. The van der Waals surface area contributed by atoms with Crippen LogP contribution in [0.25, 0.3) is 0 Å². The first-order valence-electron chi connectivity index (χ1n) is 7.42. The van der Waals surface area contributed by atoms with Gasteiger partial charge in [0.2, 0.25) is 0 Å². The van der Waals surface area contributed by atoms with Crippen LogP contribution in [0.3, 0.4) is 0 Å². The van der Waals surface area contributed by atoms with Gasteiger partial charge in [-0.25, -0.2) is 0 Å². The molecule has 0 saturated heterocycles. The Balaban J connectivity index is 2.01. The van der Waals surface area contributed by atoms with E-state index in [9.17, 15) is 4.79 Å². The second-order valence-electron chi connectivity index (χ2n) is 5.55. The molecule has 3 rings (SSSR count). The van der Waals surface area contributed by atoms with Gasteiger partial charge in [0.25, 0.3) is 5.91 Å². The fourth-order valence-electron chi connectivity index (χ4n) is 2.31. The summed E-state index contributed by atoms with van der Waals surface area (Å²) in [6.45, 7) is 4.06. The summed E-state index contributed by atoms with van der Waals surface area (Å²) in [5, 5.41) is 1.39. The molecule has 1 aliphatic rings. The van der Waals surface area contributed by atoms with E-state index in [1.165, 1.54) is 0 Å². The summed E-state index contributed by atoms with van der Waals surface area (Å²) in [7, 11) is 0. The van der Waals surface area contributed by atoms with Crippen molar-refractivity contribution in [1.29, 1.82) is 0 Å². The number of thioether (sulfide) groups is 1. The van der Waals surface area contributed by atoms with E-state index in [2.05, 4.69) is 11.9 Å². The predicted octanol–water partition coefficient (Wildman–Crippen LogP) is 4.79. The van der Waals surface area contributed by atoms with Gasteiger partial charge in [0, 0.05) is 16.3 Å². The third kappa shape index (κ3) is 3.59. The molecule has 0 N–H and O–H groups in total. The van der Waals surface area contributed by atoms with Crippen molar-refractivity contribution < 1.29 is 4.79 Å². The minimum absolute atomic E-state index is 0.0762. The highest BCUT2D eigenvalue weighted by molar-refractivity contribution is 8.14. The highest BCUT2D eigenvalue weighted by atomic mass is 35.5. The molecule has 0 bridgehead atoms. The largest absolute Gasteiger partial charge is 0.268 e. The molecule has 0 spiro atoms. The first-order chi connectivity index (χ1) is 11.0. The average Bonchev–Trinajstić information content (AvgIpc) is 2.96. The molecule has 0 radical (unpaired) electrons. The van der Waals surface area contributed by atoms with Crippen LogP contribution in [0.1, 0.15) is 22.8 Å². The van der Waals surface area contributed by atoms with E-state index in [0.29, 0.717) is 10.6 Å². The monoisotopic (exact) mass is 344 g/mol. The van der Waals surface area contributed by atoms with Crippen molar-refractivity contribution >= 4 is 40.1 Å². The molecule has 5 heteroatoms. The van der Waals surface area contributed by atoms with Gasteiger partial charge in [-0.15, -0.1) is 0 Å². The average molecular weight is 345 g/mol. The van der Waals surface area contributed by atoms with Gasteiger partial charge in [0.05, 0.1) is 11.7 Å². The van der Waals surface area contributed by atoms with Crippen LogP contribution in [0, 0.1) is 6.92 Å². The first kappa shape index (κ1) is 16.1. The molecule has 2 aromatic rings. The Bertz CT molecular complexity index is 741. The highest BCUT2D eigenvalue weighted by Crippen LogP contribution is 2.28. The highest BCUT2D eigenvalue weighted by Gasteiger charge is 2.27. The summed E-state index contributed by atoms with van der Waals surface area (Å²) in [5.41, 5.74) is 2.55. The van der Waals surface area contributed by atoms with Crippen molar-refractivity contribution in [2.75, 3.05) is 10.7 Å². The topological polar surface area (TPSA) is 32.7 Å². The Hall–Kier alpha value is -1.78. The van der Waals surface area contributed by atoms with Gasteiger partial charge < -0.3 is 0 Å². The number of hydrogen-bond acceptors (Lipinski definition) is 3. The van der Waals surface area contributed by atoms with Crippen LogP contribution in [-0.2, 0) is 0 Å². The lowest BCUT2D eigenvalue weighted by Crippen LogP contribution is -2.34. The van der Waals surface area contributed by atoms with Crippen molar-refractivity contribution in [3.05, 3.63) is 64.7 Å². The van der Waals surface area contributed by atoms with Crippen LogP contribution in [0.4, 0.5) is 5.69 Å². The van der Waals surface area contributed by atoms with E-state index >= 15 is 0 Å². The number of carbonyl (C=O) groups is 1. The molecular weight excluding hydrogens is 328 g/mol. The molecule has 0 saturated carbocycles. The number of nitrogens with zero attached hydrogens (tertiary/aromatic N) is 2. The van der Waals surface area contributed by atoms with Crippen molar-refractivity contribution in [1.82, 2.24) is 0 Å². The number of amidine groups is 1. The molecule has 1 atom stereocenters. The van der Waals surface area contributed by atoms with Gasteiger partial charge in [0.15, 0.2) is 5.17 Å². The molecule has 1 aliphatic heterocycles. The normalized spacial score (nSPS) is 17.0. The van der Waals surface area contributed by atoms with Gasteiger partial charge in [-0.2, -0.15) is 0 Å². The van der Waals surface area contributed by atoms with E-state index in [0.717, 1.165) is 22.2 Å². The standard InChI is InChI=1S/C18H17ClN2OS/c1-12-3-5-14(6-4-12)17(22)21(18-20-13(2)11-23-18)16-9-7-15(19)8-10-16/h3-10,13H,11H2,1-2H3. The molecule has 0 fully saturated rings. The second-order valence-corrected chi connectivity index (χ2v) is 6.98. The molecule has 1 heterocycles. The Morgan fingerprint density at radius 3 is 2.39 bits per heavy atom. The molecule has 23 heavy (non-hydrogen) atoms. The van der Waals surface area contributed by atoms with Crippen LogP contribution in [0.2, 0.25) is 5.02 Å². The van der Waals surface area contributed by atoms with Crippen LogP contribution < -0.4 is 4.90 Å². The Morgan fingerprint density at radius 1 is 1.17 bits per heavy atom. The Morgan fingerprint density at radius 2 is 1.83 bits per heavy atom. The van der Waals surface area contributed by atoms with Crippen LogP contribution in [-0.4, -0.2) is 22.9 Å². The summed E-state index contributed by atoms with van der Waals surface area (Å²) in [4.78, 5) is 19.3. The first-order valence-corrected chi connectivity index (χ1v) is 8.78. The number of halogens is 1. The minimum Gasteiger partial charge on any atom is -0.268 e. The fraction of sp³-hybridized carbons (Fsp3) is 0.222. The van der Waals surface area contributed by atoms with Gasteiger partial charge in [-0.1, -0.05) is 41.1 Å². The van der Waals surface area contributed by atoms with Gasteiger partial charge >= 0.3 is 0 Å². The third-order valence-electron chi connectivity index (χ3n) is 3.56. The maximum atomic E-state index is 13.0. The lowest BCUT2D eigenvalue weighted by molar-refractivity contribution is 0.100. The summed E-state index contributed by atoms with van der Waals surface area (Å²) in [6, 6.07) is 15.1. The maximum Gasteiger partial charge on any atom is 0.264 e. The molecule has 0 aliphatic carbocycles. The van der Waals surface area contributed by atoms with Gasteiger partial charge in [0.1, 0.15) is 0 Å². The zero-order valence-corrected chi connectivity index (χ0v) is 14.6. The van der Waals surface area contributed by atoms with E-state index in [1.54, 1.807) is 28.8 Å². The number of benzene rings is 2. The summed E-state index contributed by atoms with van der Waals surface area (Å²) in [5.74, 6) is 0.813. The number of aryl methyl sites for hydroxylation is 1. The van der Waals surface area contributed by atoms with Gasteiger partial charge in [-0.05, 0) is 50.2 Å². The molecule has 1 unspecified atom stereocenters. The quantitative estimate of drug-likeness (QED) is 0.784. The zero-order valence-electron chi connectivity index (χ0n) is 13.0.